The molecule has 0 saturated carbocycles. The first kappa shape index (κ1) is 9.75. The third-order valence-corrected chi connectivity index (χ3v) is 2.78. The number of allylic oxidation sites excluding steroid dienone is 1. The highest BCUT2D eigenvalue weighted by atomic mass is 35.5. The SMILES string of the molecule is CC(C)(C)C1(O)CC(=O)C=C1Cl. The molecule has 2 nitrogen and oxygen atoms in total. The van der Waals surface area contributed by atoms with Crippen molar-refractivity contribution >= 4 is 17.4 Å². The van der Waals surface area contributed by atoms with Crippen molar-refractivity contribution in [1.29, 1.82) is 0 Å². The van der Waals surface area contributed by atoms with Crippen molar-refractivity contribution in [3.8, 4) is 0 Å². The van der Waals surface area contributed by atoms with Crippen LogP contribution in [0, 0.1) is 5.41 Å². The standard InChI is InChI=1S/C9H13ClO2/c1-8(2,3)9(12)5-6(11)4-7(9)10/h4,12H,5H2,1-3H3. The average Bonchev–Trinajstić information content (AvgIpc) is 2.06. The second-order valence-corrected chi connectivity index (χ2v) is 4.65. The first-order valence-electron chi connectivity index (χ1n) is 3.90. The lowest BCUT2D eigenvalue weighted by atomic mass is 9.76. The Balaban J connectivity index is 3.04. The fraction of sp³-hybridized carbons (Fsp3) is 0.667. The summed E-state index contributed by atoms with van der Waals surface area (Å²) in [4.78, 5) is 11.0. The van der Waals surface area contributed by atoms with Crippen molar-refractivity contribution in [2.45, 2.75) is 32.8 Å². The molecule has 3 heteroatoms. The van der Waals surface area contributed by atoms with E-state index in [0.717, 1.165) is 0 Å². The third-order valence-electron chi connectivity index (χ3n) is 2.35. The van der Waals surface area contributed by atoms with Crippen LogP contribution >= 0.6 is 11.6 Å². The first-order valence-corrected chi connectivity index (χ1v) is 4.28. The van der Waals surface area contributed by atoms with E-state index in [1.807, 2.05) is 20.8 Å². The molecule has 0 heterocycles. The van der Waals surface area contributed by atoms with Crippen LogP contribution in [0.3, 0.4) is 0 Å². The summed E-state index contributed by atoms with van der Waals surface area (Å²) in [6.45, 7) is 5.59. The Morgan fingerprint density at radius 3 is 2.25 bits per heavy atom. The van der Waals surface area contributed by atoms with Crippen LogP contribution in [0.1, 0.15) is 27.2 Å². The molecule has 68 valence electrons. The molecule has 12 heavy (non-hydrogen) atoms. The number of ketones is 1. The monoisotopic (exact) mass is 188 g/mol. The van der Waals surface area contributed by atoms with Crippen LogP contribution in [0.15, 0.2) is 11.1 Å². The zero-order valence-electron chi connectivity index (χ0n) is 7.52. The topological polar surface area (TPSA) is 37.3 Å². The summed E-state index contributed by atoms with van der Waals surface area (Å²) >= 11 is 5.79. The number of aliphatic hydroxyl groups is 1. The van der Waals surface area contributed by atoms with E-state index in [-0.39, 0.29) is 17.2 Å². The van der Waals surface area contributed by atoms with Crippen LogP contribution in [-0.2, 0) is 4.79 Å². The summed E-state index contributed by atoms with van der Waals surface area (Å²) in [6, 6.07) is 0. The van der Waals surface area contributed by atoms with Crippen LogP contribution in [0.2, 0.25) is 0 Å². The van der Waals surface area contributed by atoms with Gasteiger partial charge in [-0.2, -0.15) is 0 Å². The molecule has 1 N–H and O–H groups in total. The van der Waals surface area contributed by atoms with Gasteiger partial charge in [-0.25, -0.2) is 0 Å². The van der Waals surface area contributed by atoms with Gasteiger partial charge >= 0.3 is 0 Å². The van der Waals surface area contributed by atoms with Crippen molar-refractivity contribution in [3.63, 3.8) is 0 Å². The van der Waals surface area contributed by atoms with E-state index in [4.69, 9.17) is 11.6 Å². The minimum absolute atomic E-state index is 0.0996. The van der Waals surface area contributed by atoms with Gasteiger partial charge in [0.2, 0.25) is 0 Å². The van der Waals surface area contributed by atoms with Gasteiger partial charge in [0.1, 0.15) is 5.60 Å². The number of halogens is 1. The van der Waals surface area contributed by atoms with Crippen molar-refractivity contribution in [3.05, 3.63) is 11.1 Å². The third kappa shape index (κ3) is 1.29. The molecule has 1 unspecified atom stereocenters. The van der Waals surface area contributed by atoms with Crippen LogP contribution in [0.5, 0.6) is 0 Å². The molecule has 1 aliphatic rings. The van der Waals surface area contributed by atoms with Crippen molar-refractivity contribution in [1.82, 2.24) is 0 Å². The molecule has 0 radical (unpaired) electrons. The van der Waals surface area contributed by atoms with E-state index in [9.17, 15) is 9.90 Å². The Labute approximate surface area is 77.2 Å². The quantitative estimate of drug-likeness (QED) is 0.630. The number of carbonyl (C=O) groups is 1. The minimum atomic E-state index is -1.16. The molecular weight excluding hydrogens is 176 g/mol. The molecule has 1 atom stereocenters. The number of hydrogen-bond donors (Lipinski definition) is 1. The Morgan fingerprint density at radius 2 is 2.08 bits per heavy atom. The van der Waals surface area contributed by atoms with Gasteiger partial charge in [0.15, 0.2) is 5.78 Å². The van der Waals surface area contributed by atoms with Crippen LogP contribution in [-0.4, -0.2) is 16.5 Å². The van der Waals surface area contributed by atoms with Gasteiger partial charge in [-0.15, -0.1) is 0 Å². The normalized spacial score (nSPS) is 30.8. The predicted octanol–water partition coefficient (Wildman–Crippen LogP) is 1.86. The van der Waals surface area contributed by atoms with Gasteiger partial charge in [-0.05, 0) is 11.5 Å². The molecule has 0 amide bonds. The van der Waals surface area contributed by atoms with Crippen molar-refractivity contribution in [2.75, 3.05) is 0 Å². The largest absolute Gasteiger partial charge is 0.383 e. The second-order valence-electron chi connectivity index (χ2n) is 4.25. The van der Waals surface area contributed by atoms with Crippen LogP contribution in [0.4, 0.5) is 0 Å². The maximum atomic E-state index is 11.0. The lowest BCUT2D eigenvalue weighted by molar-refractivity contribution is -0.119. The van der Waals surface area contributed by atoms with E-state index in [2.05, 4.69) is 0 Å². The highest BCUT2D eigenvalue weighted by Crippen LogP contribution is 2.44. The summed E-state index contributed by atoms with van der Waals surface area (Å²) in [5.74, 6) is -0.0996. The van der Waals surface area contributed by atoms with E-state index in [1.54, 1.807) is 0 Å². The second kappa shape index (κ2) is 2.57. The summed E-state index contributed by atoms with van der Waals surface area (Å²) < 4.78 is 0. The minimum Gasteiger partial charge on any atom is -0.383 e. The van der Waals surface area contributed by atoms with Gasteiger partial charge < -0.3 is 5.11 Å². The summed E-state index contributed by atoms with van der Waals surface area (Å²) in [5, 5.41) is 10.3. The molecule has 1 rings (SSSR count). The Hall–Kier alpha value is -0.340. The van der Waals surface area contributed by atoms with Gasteiger partial charge in [0.25, 0.3) is 0 Å². The van der Waals surface area contributed by atoms with E-state index < -0.39 is 11.0 Å². The fourth-order valence-corrected chi connectivity index (χ4v) is 1.74. The molecule has 0 aromatic rings. The predicted molar refractivity (Wildman–Crippen MR) is 48.0 cm³/mol. The molecule has 0 aromatic heterocycles. The highest BCUT2D eigenvalue weighted by Gasteiger charge is 2.47. The molecule has 1 aliphatic carbocycles. The lowest BCUT2D eigenvalue weighted by Crippen LogP contribution is -2.41. The first-order chi connectivity index (χ1) is 5.27. The van der Waals surface area contributed by atoms with E-state index in [0.29, 0.717) is 0 Å². The molecule has 0 bridgehead atoms. The zero-order chi connectivity index (χ0) is 9.57. The van der Waals surface area contributed by atoms with Crippen molar-refractivity contribution in [2.24, 2.45) is 5.41 Å². The van der Waals surface area contributed by atoms with Crippen LogP contribution < -0.4 is 0 Å². The van der Waals surface area contributed by atoms with Gasteiger partial charge in [-0.1, -0.05) is 32.4 Å². The molecule has 0 fully saturated rings. The molecule has 0 spiro atoms. The zero-order valence-corrected chi connectivity index (χ0v) is 8.27. The van der Waals surface area contributed by atoms with Crippen LogP contribution in [0.25, 0.3) is 0 Å². The van der Waals surface area contributed by atoms with Gasteiger partial charge in [0.05, 0.1) is 5.03 Å². The molecule has 0 aromatic carbocycles. The molecular formula is C9H13ClO2. The number of hydrogen-bond acceptors (Lipinski definition) is 2. The fourth-order valence-electron chi connectivity index (χ4n) is 1.27. The smallest absolute Gasteiger partial charge is 0.160 e. The maximum absolute atomic E-state index is 11.0. The Morgan fingerprint density at radius 1 is 1.58 bits per heavy atom. The summed E-state index contributed by atoms with van der Waals surface area (Å²) in [6.07, 6.45) is 1.42. The van der Waals surface area contributed by atoms with Gasteiger partial charge in [0, 0.05) is 6.42 Å². The Kier molecular flexibility index (Phi) is 2.09. The molecule has 0 aliphatic heterocycles. The number of rotatable bonds is 0. The highest BCUT2D eigenvalue weighted by molar-refractivity contribution is 6.33. The Bertz CT molecular complexity index is 250. The average molecular weight is 189 g/mol. The number of carbonyl (C=O) groups excluding carboxylic acids is 1. The van der Waals surface area contributed by atoms with E-state index >= 15 is 0 Å². The summed E-state index contributed by atoms with van der Waals surface area (Å²) in [5.41, 5.74) is -1.56. The van der Waals surface area contributed by atoms with Gasteiger partial charge in [-0.3, -0.25) is 4.79 Å². The summed E-state index contributed by atoms with van der Waals surface area (Å²) in [7, 11) is 0. The van der Waals surface area contributed by atoms with E-state index in [1.165, 1.54) is 6.08 Å². The maximum Gasteiger partial charge on any atom is 0.160 e. The lowest BCUT2D eigenvalue weighted by Gasteiger charge is -2.36. The molecule has 0 saturated heterocycles. The van der Waals surface area contributed by atoms with Crippen molar-refractivity contribution < 1.29 is 9.90 Å².